The number of carbonyl (C=O) groups excluding carboxylic acids is 1. The third-order valence-electron chi connectivity index (χ3n) is 3.56. The lowest BCUT2D eigenvalue weighted by Gasteiger charge is -2.06. The lowest BCUT2D eigenvalue weighted by Crippen LogP contribution is -2.11. The predicted molar refractivity (Wildman–Crippen MR) is 103 cm³/mol. The molecule has 0 fully saturated rings. The number of aryl methyl sites for hydroxylation is 1. The van der Waals surface area contributed by atoms with E-state index in [9.17, 15) is 4.79 Å². The number of Topliss-reactive ketones (excluding diaryl/α,β-unsaturated/α-hetero) is 1. The van der Waals surface area contributed by atoms with Crippen LogP contribution in [0.5, 0.6) is 0 Å². The molecular weight excluding hydrogens is 350 g/mol. The molecule has 0 saturated heterocycles. The third-order valence-corrected chi connectivity index (χ3v) is 4.40. The second-order valence-corrected chi connectivity index (χ2v) is 6.56. The number of carbonyl (C=O) groups is 1. The molecule has 136 valence electrons. The number of nitrogens with zero attached hydrogens (tertiary/aromatic N) is 5. The van der Waals surface area contributed by atoms with E-state index in [1.807, 2.05) is 45.0 Å². The number of hydrogen-bond acceptors (Lipinski definition) is 8. The van der Waals surface area contributed by atoms with E-state index >= 15 is 0 Å². The summed E-state index contributed by atoms with van der Waals surface area (Å²) in [5.74, 6) is 1.81. The minimum absolute atomic E-state index is 0.0418. The Morgan fingerprint density at radius 2 is 1.81 bits per heavy atom. The lowest BCUT2D eigenvalue weighted by molar-refractivity contribution is 0.102. The number of aromatic nitrogens is 5. The van der Waals surface area contributed by atoms with Crippen LogP contribution in [0.3, 0.4) is 0 Å². The molecule has 0 saturated carbocycles. The van der Waals surface area contributed by atoms with Crippen LogP contribution >= 0.6 is 11.8 Å². The van der Waals surface area contributed by atoms with Crippen LogP contribution in [-0.4, -0.2) is 49.2 Å². The van der Waals surface area contributed by atoms with Crippen LogP contribution in [0.25, 0.3) is 5.78 Å². The first-order valence-corrected chi connectivity index (χ1v) is 9.44. The molecule has 2 N–H and O–H groups in total. The average Bonchev–Trinajstić information content (AvgIpc) is 3.04. The topological polar surface area (TPSA) is 97.1 Å². The zero-order valence-electron chi connectivity index (χ0n) is 15.0. The van der Waals surface area contributed by atoms with E-state index in [1.165, 1.54) is 11.8 Å². The monoisotopic (exact) mass is 371 g/mol. The third kappa shape index (κ3) is 4.10. The normalized spacial score (nSPS) is 10.9. The SMILES string of the molecule is CCNc1nc(NCC)n2nc(SCC(=O)c3ccc(C)cc3)nc2n1. The highest BCUT2D eigenvalue weighted by atomic mass is 32.2. The molecule has 0 unspecified atom stereocenters. The van der Waals surface area contributed by atoms with Gasteiger partial charge in [0.2, 0.25) is 17.1 Å². The van der Waals surface area contributed by atoms with E-state index in [1.54, 1.807) is 4.52 Å². The van der Waals surface area contributed by atoms with Gasteiger partial charge in [0, 0.05) is 18.7 Å². The van der Waals surface area contributed by atoms with Crippen molar-refractivity contribution in [1.82, 2.24) is 24.6 Å². The lowest BCUT2D eigenvalue weighted by atomic mass is 10.1. The highest BCUT2D eigenvalue weighted by Gasteiger charge is 2.14. The summed E-state index contributed by atoms with van der Waals surface area (Å²) in [6.07, 6.45) is 0. The van der Waals surface area contributed by atoms with Crippen LogP contribution in [0.4, 0.5) is 11.9 Å². The van der Waals surface area contributed by atoms with Crippen LogP contribution in [0.1, 0.15) is 29.8 Å². The van der Waals surface area contributed by atoms with Crippen molar-refractivity contribution in [3.8, 4) is 0 Å². The summed E-state index contributed by atoms with van der Waals surface area (Å²) in [4.78, 5) is 25.5. The second kappa shape index (κ2) is 8.13. The Balaban J connectivity index is 1.78. The molecule has 0 spiro atoms. The molecule has 3 rings (SSSR count). The van der Waals surface area contributed by atoms with Crippen molar-refractivity contribution in [2.75, 3.05) is 29.5 Å². The number of anilines is 2. The van der Waals surface area contributed by atoms with Crippen LogP contribution in [0.15, 0.2) is 29.4 Å². The van der Waals surface area contributed by atoms with Crippen molar-refractivity contribution in [2.24, 2.45) is 0 Å². The molecule has 0 aliphatic carbocycles. The summed E-state index contributed by atoms with van der Waals surface area (Å²) in [5, 5.41) is 11.1. The molecule has 1 aromatic carbocycles. The van der Waals surface area contributed by atoms with E-state index in [-0.39, 0.29) is 11.5 Å². The van der Waals surface area contributed by atoms with Crippen molar-refractivity contribution in [3.05, 3.63) is 35.4 Å². The van der Waals surface area contributed by atoms with Gasteiger partial charge in [0.25, 0.3) is 5.78 Å². The highest BCUT2D eigenvalue weighted by Crippen LogP contribution is 2.18. The predicted octanol–water partition coefficient (Wildman–Crippen LogP) is 2.67. The van der Waals surface area contributed by atoms with Crippen molar-refractivity contribution in [1.29, 1.82) is 0 Å². The molecule has 0 amide bonds. The van der Waals surface area contributed by atoms with E-state index in [4.69, 9.17) is 0 Å². The van der Waals surface area contributed by atoms with Gasteiger partial charge in [-0.1, -0.05) is 41.6 Å². The Kier molecular flexibility index (Phi) is 5.67. The molecule has 0 aliphatic heterocycles. The van der Waals surface area contributed by atoms with Gasteiger partial charge in [-0.2, -0.15) is 19.5 Å². The maximum atomic E-state index is 12.3. The van der Waals surface area contributed by atoms with Crippen LogP contribution in [-0.2, 0) is 0 Å². The van der Waals surface area contributed by atoms with Gasteiger partial charge in [-0.3, -0.25) is 4.79 Å². The molecule has 0 bridgehead atoms. The summed E-state index contributed by atoms with van der Waals surface area (Å²) < 4.78 is 1.56. The van der Waals surface area contributed by atoms with Gasteiger partial charge >= 0.3 is 0 Å². The number of thioether (sulfide) groups is 1. The fourth-order valence-electron chi connectivity index (χ4n) is 2.29. The standard InChI is InChI=1S/C17H21N7OS/c1-4-18-14-20-15(19-5-2)24-16(21-14)22-17(23-24)26-10-13(25)12-8-6-11(3)7-9-12/h6-9H,4-5,10H2,1-3H3,(H2,18,19,20,21,22,23). The Bertz CT molecular complexity index is 907. The van der Waals surface area contributed by atoms with Crippen molar-refractivity contribution >= 4 is 35.2 Å². The van der Waals surface area contributed by atoms with E-state index in [0.717, 1.165) is 5.56 Å². The molecular formula is C17H21N7OS. The second-order valence-electron chi connectivity index (χ2n) is 5.62. The molecule has 3 aromatic rings. The summed E-state index contributed by atoms with van der Waals surface area (Å²) in [6.45, 7) is 7.36. The van der Waals surface area contributed by atoms with Gasteiger partial charge in [-0.05, 0) is 20.8 Å². The van der Waals surface area contributed by atoms with Gasteiger partial charge in [-0.25, -0.2) is 0 Å². The molecule has 0 atom stereocenters. The van der Waals surface area contributed by atoms with E-state index < -0.39 is 0 Å². The molecule has 9 heteroatoms. The molecule has 2 heterocycles. The zero-order chi connectivity index (χ0) is 18.5. The molecule has 0 aliphatic rings. The maximum Gasteiger partial charge on any atom is 0.259 e. The molecule has 26 heavy (non-hydrogen) atoms. The Hall–Kier alpha value is -2.68. The van der Waals surface area contributed by atoms with Gasteiger partial charge < -0.3 is 10.6 Å². The fraction of sp³-hybridized carbons (Fsp3) is 0.353. The van der Waals surface area contributed by atoms with Crippen LogP contribution in [0, 0.1) is 6.92 Å². The van der Waals surface area contributed by atoms with Crippen LogP contribution in [0.2, 0.25) is 0 Å². The van der Waals surface area contributed by atoms with Gasteiger partial charge in [0.15, 0.2) is 5.78 Å². The molecule has 8 nitrogen and oxygen atoms in total. The van der Waals surface area contributed by atoms with E-state index in [0.29, 0.717) is 41.5 Å². The van der Waals surface area contributed by atoms with Crippen molar-refractivity contribution in [2.45, 2.75) is 25.9 Å². The Morgan fingerprint density at radius 1 is 1.08 bits per heavy atom. The maximum absolute atomic E-state index is 12.3. The smallest absolute Gasteiger partial charge is 0.259 e. The first-order chi connectivity index (χ1) is 12.6. The number of fused-ring (bicyclic) bond motifs is 1. The van der Waals surface area contributed by atoms with Crippen molar-refractivity contribution in [3.63, 3.8) is 0 Å². The van der Waals surface area contributed by atoms with Crippen molar-refractivity contribution < 1.29 is 4.79 Å². The minimum Gasteiger partial charge on any atom is -0.354 e. The minimum atomic E-state index is 0.0418. The highest BCUT2D eigenvalue weighted by molar-refractivity contribution is 7.99. The average molecular weight is 371 g/mol. The Morgan fingerprint density at radius 3 is 2.50 bits per heavy atom. The number of benzene rings is 1. The summed E-state index contributed by atoms with van der Waals surface area (Å²) in [7, 11) is 0. The van der Waals surface area contributed by atoms with E-state index in [2.05, 4.69) is 30.7 Å². The largest absolute Gasteiger partial charge is 0.354 e. The number of rotatable bonds is 8. The fourth-order valence-corrected chi connectivity index (χ4v) is 3.00. The number of nitrogens with one attached hydrogen (secondary N) is 2. The summed E-state index contributed by atoms with van der Waals surface area (Å²) in [6, 6.07) is 7.54. The number of hydrogen-bond donors (Lipinski definition) is 2. The number of ketones is 1. The zero-order valence-corrected chi connectivity index (χ0v) is 15.8. The summed E-state index contributed by atoms with van der Waals surface area (Å²) in [5.41, 5.74) is 1.82. The van der Waals surface area contributed by atoms with Gasteiger partial charge in [-0.15, -0.1) is 5.10 Å². The molecule has 0 radical (unpaired) electrons. The quantitative estimate of drug-likeness (QED) is 0.461. The van der Waals surface area contributed by atoms with Gasteiger partial charge in [0.05, 0.1) is 5.75 Å². The molecule has 2 aromatic heterocycles. The summed E-state index contributed by atoms with van der Waals surface area (Å²) >= 11 is 1.29. The first-order valence-electron chi connectivity index (χ1n) is 8.46. The Labute approximate surface area is 155 Å². The first kappa shape index (κ1) is 18.1. The van der Waals surface area contributed by atoms with Gasteiger partial charge in [0.1, 0.15) is 0 Å². The van der Waals surface area contributed by atoms with Crippen LogP contribution < -0.4 is 10.6 Å².